The molecule has 6 nitrogen and oxygen atoms in total. The quantitative estimate of drug-likeness (QED) is 0.837. The second-order valence-corrected chi connectivity index (χ2v) is 5.79. The molecule has 0 unspecified atom stereocenters. The average molecular weight is 331 g/mol. The van der Waals surface area contributed by atoms with E-state index in [1.54, 1.807) is 19.1 Å². The Kier molecular flexibility index (Phi) is 4.85. The molecule has 1 aromatic heterocycles. The molecule has 24 heavy (non-hydrogen) atoms. The van der Waals surface area contributed by atoms with Crippen molar-refractivity contribution in [3.63, 3.8) is 0 Å². The topological polar surface area (TPSA) is 69.0 Å². The second-order valence-electron chi connectivity index (χ2n) is 5.79. The molecule has 1 fully saturated rings. The van der Waals surface area contributed by atoms with E-state index in [2.05, 4.69) is 0 Å². The maximum Gasteiger partial charge on any atom is 0.200 e. The molecule has 0 aliphatic carbocycles. The molecule has 6 heteroatoms. The van der Waals surface area contributed by atoms with Crippen LogP contribution in [0.25, 0.3) is 11.0 Å². The zero-order valence-corrected chi connectivity index (χ0v) is 14.0. The number of anilines is 1. The van der Waals surface area contributed by atoms with Gasteiger partial charge in [0.2, 0.25) is 0 Å². The number of ether oxygens (including phenoxy) is 2. The summed E-state index contributed by atoms with van der Waals surface area (Å²) in [5, 5.41) is 0.513. The van der Waals surface area contributed by atoms with Crippen LogP contribution < -0.4 is 15.1 Å². The molecule has 0 spiro atoms. The first-order chi connectivity index (χ1) is 11.6. The lowest BCUT2D eigenvalue weighted by Crippen LogP contribution is -2.36. The smallest absolute Gasteiger partial charge is 0.200 e. The summed E-state index contributed by atoms with van der Waals surface area (Å²) in [7, 11) is 0. The van der Waals surface area contributed by atoms with Crippen LogP contribution >= 0.6 is 0 Å². The predicted octanol–water partition coefficient (Wildman–Crippen LogP) is 2.30. The summed E-state index contributed by atoms with van der Waals surface area (Å²) in [4.78, 5) is 25.9. The normalized spacial score (nSPS) is 14.8. The van der Waals surface area contributed by atoms with Crippen LogP contribution in [0.4, 0.5) is 5.88 Å². The fourth-order valence-corrected chi connectivity index (χ4v) is 2.68. The number of carbonyl (C=O) groups is 1. The highest BCUT2D eigenvalue weighted by atomic mass is 16.5. The number of rotatable bonds is 5. The fraction of sp³-hybridized carbons (Fsp3) is 0.444. The van der Waals surface area contributed by atoms with E-state index >= 15 is 0 Å². The third-order valence-electron chi connectivity index (χ3n) is 4.19. The lowest BCUT2D eigenvalue weighted by atomic mass is 10.1. The number of carbonyl (C=O) groups excluding carboxylic acids is 1. The van der Waals surface area contributed by atoms with Crippen molar-refractivity contribution in [2.45, 2.75) is 20.3 Å². The number of benzene rings is 1. The molecule has 0 radical (unpaired) electrons. The van der Waals surface area contributed by atoms with Crippen molar-refractivity contribution in [3.05, 3.63) is 34.0 Å². The molecule has 0 N–H and O–H groups in total. The van der Waals surface area contributed by atoms with Gasteiger partial charge in [0.05, 0.1) is 18.6 Å². The van der Waals surface area contributed by atoms with Crippen LogP contribution in [0.3, 0.4) is 0 Å². The van der Waals surface area contributed by atoms with E-state index in [9.17, 15) is 9.59 Å². The Balaban J connectivity index is 1.98. The average Bonchev–Trinajstić information content (AvgIpc) is 2.62. The Labute approximate surface area is 140 Å². The highest BCUT2D eigenvalue weighted by molar-refractivity contribution is 5.83. The molecule has 1 saturated heterocycles. The van der Waals surface area contributed by atoms with Crippen LogP contribution in [0.2, 0.25) is 0 Å². The Hall–Kier alpha value is -2.34. The maximum absolute atomic E-state index is 12.4. The van der Waals surface area contributed by atoms with Crippen LogP contribution in [0.1, 0.15) is 18.9 Å². The maximum atomic E-state index is 12.4. The molecule has 0 amide bonds. The Morgan fingerprint density at radius 3 is 2.75 bits per heavy atom. The molecule has 2 heterocycles. The summed E-state index contributed by atoms with van der Waals surface area (Å²) < 4.78 is 16.9. The van der Waals surface area contributed by atoms with E-state index < -0.39 is 0 Å². The summed E-state index contributed by atoms with van der Waals surface area (Å²) in [6.07, 6.45) is 0.433. The van der Waals surface area contributed by atoms with Crippen molar-refractivity contribution in [2.24, 2.45) is 0 Å². The van der Waals surface area contributed by atoms with Gasteiger partial charge in [0, 0.05) is 31.1 Å². The van der Waals surface area contributed by atoms with Crippen molar-refractivity contribution < 1.29 is 18.7 Å². The highest BCUT2D eigenvalue weighted by Gasteiger charge is 2.17. The molecule has 0 atom stereocenters. The molecule has 2 aromatic rings. The molecule has 0 bridgehead atoms. The van der Waals surface area contributed by atoms with Gasteiger partial charge in [-0.15, -0.1) is 0 Å². The van der Waals surface area contributed by atoms with Crippen molar-refractivity contribution in [1.82, 2.24) is 0 Å². The van der Waals surface area contributed by atoms with Crippen molar-refractivity contribution in [2.75, 3.05) is 37.8 Å². The summed E-state index contributed by atoms with van der Waals surface area (Å²) in [5.74, 6) is 1.13. The number of hydrogen-bond acceptors (Lipinski definition) is 6. The number of Topliss-reactive ketones (excluding diaryl/α,β-unsaturated/α-hetero) is 1. The van der Waals surface area contributed by atoms with Gasteiger partial charge in [0.25, 0.3) is 0 Å². The number of nitrogens with zero attached hydrogens (tertiary/aromatic N) is 1. The summed E-state index contributed by atoms with van der Waals surface area (Å²) >= 11 is 0. The van der Waals surface area contributed by atoms with Gasteiger partial charge in [-0.25, -0.2) is 0 Å². The number of fused-ring (bicyclic) bond motifs is 1. The molecule has 3 rings (SSSR count). The third-order valence-corrected chi connectivity index (χ3v) is 4.19. The van der Waals surface area contributed by atoms with Crippen LogP contribution in [-0.4, -0.2) is 38.7 Å². The summed E-state index contributed by atoms with van der Waals surface area (Å²) in [6.45, 7) is 6.26. The zero-order chi connectivity index (χ0) is 17.1. The van der Waals surface area contributed by atoms with Crippen LogP contribution in [-0.2, 0) is 9.53 Å². The number of ketones is 1. The minimum absolute atomic E-state index is 0.0240. The van der Waals surface area contributed by atoms with E-state index in [1.165, 1.54) is 6.07 Å². The van der Waals surface area contributed by atoms with Crippen LogP contribution in [0, 0.1) is 6.92 Å². The number of aryl methyl sites for hydroxylation is 1. The molecule has 1 aliphatic heterocycles. The summed E-state index contributed by atoms with van der Waals surface area (Å²) in [5.41, 5.74) is 1.14. The largest absolute Gasteiger partial charge is 0.485 e. The monoisotopic (exact) mass is 331 g/mol. The lowest BCUT2D eigenvalue weighted by Gasteiger charge is -2.27. The lowest BCUT2D eigenvalue weighted by molar-refractivity contribution is -0.120. The van der Waals surface area contributed by atoms with Crippen molar-refractivity contribution in [3.8, 4) is 5.75 Å². The van der Waals surface area contributed by atoms with Gasteiger partial charge in [0.1, 0.15) is 17.9 Å². The minimum atomic E-state index is -0.0861. The van der Waals surface area contributed by atoms with Gasteiger partial charge in [-0.1, -0.05) is 6.92 Å². The number of morpholine rings is 1. The molecular weight excluding hydrogens is 310 g/mol. The molecular formula is C18H21NO5. The number of hydrogen-bond donors (Lipinski definition) is 0. The first-order valence-electron chi connectivity index (χ1n) is 8.14. The summed E-state index contributed by atoms with van der Waals surface area (Å²) in [6, 6.07) is 4.92. The first kappa shape index (κ1) is 16.5. The van der Waals surface area contributed by atoms with Gasteiger partial charge in [-0.05, 0) is 19.1 Å². The minimum Gasteiger partial charge on any atom is -0.485 e. The van der Waals surface area contributed by atoms with E-state index in [0.29, 0.717) is 55.3 Å². The van der Waals surface area contributed by atoms with Gasteiger partial charge in [-0.3, -0.25) is 9.59 Å². The Morgan fingerprint density at radius 2 is 2.04 bits per heavy atom. The zero-order valence-electron chi connectivity index (χ0n) is 14.0. The molecule has 128 valence electrons. The van der Waals surface area contributed by atoms with Crippen molar-refractivity contribution >= 4 is 22.6 Å². The van der Waals surface area contributed by atoms with Crippen LogP contribution in [0.15, 0.2) is 27.4 Å². The molecule has 0 saturated carbocycles. The highest BCUT2D eigenvalue weighted by Crippen LogP contribution is 2.28. The SMILES string of the molecule is CCC(=O)COc1ccc2c(=O)cc(N3CCOCC3)oc2c1C. The molecule has 1 aromatic carbocycles. The van der Waals surface area contributed by atoms with E-state index in [-0.39, 0.29) is 17.8 Å². The fourth-order valence-electron chi connectivity index (χ4n) is 2.68. The Morgan fingerprint density at radius 1 is 1.29 bits per heavy atom. The van der Waals surface area contributed by atoms with Gasteiger partial charge < -0.3 is 18.8 Å². The Bertz CT molecular complexity index is 805. The van der Waals surface area contributed by atoms with E-state index in [4.69, 9.17) is 13.9 Å². The molecule has 1 aliphatic rings. The standard InChI is InChI=1S/C18H21NO5/c1-3-13(20)11-23-16-5-4-14-15(21)10-17(24-18(14)12(16)2)19-6-8-22-9-7-19/h4-5,10H,3,6-9,11H2,1-2H3. The van der Waals surface area contributed by atoms with Crippen LogP contribution in [0.5, 0.6) is 5.75 Å². The van der Waals surface area contributed by atoms with E-state index in [0.717, 1.165) is 5.56 Å². The van der Waals surface area contributed by atoms with Gasteiger partial charge in [0.15, 0.2) is 17.1 Å². The predicted molar refractivity (Wildman–Crippen MR) is 91.0 cm³/mol. The third kappa shape index (κ3) is 3.28. The first-order valence-corrected chi connectivity index (χ1v) is 8.14. The van der Waals surface area contributed by atoms with Gasteiger partial charge in [-0.2, -0.15) is 0 Å². The van der Waals surface area contributed by atoms with Gasteiger partial charge >= 0.3 is 0 Å². The second kappa shape index (κ2) is 7.05. The van der Waals surface area contributed by atoms with E-state index in [1.807, 2.05) is 11.8 Å². The van der Waals surface area contributed by atoms with Crippen molar-refractivity contribution in [1.29, 1.82) is 0 Å².